The lowest BCUT2D eigenvalue weighted by atomic mass is 9.70. The molecule has 0 saturated carbocycles. The topological polar surface area (TPSA) is 35.2 Å². The monoisotopic (exact) mass is 261 g/mol. The number of nitrogens with two attached hydrogens (primary N) is 1. The summed E-state index contributed by atoms with van der Waals surface area (Å²) >= 11 is 0. The van der Waals surface area contributed by atoms with Crippen LogP contribution in [0.1, 0.15) is 44.7 Å². The van der Waals surface area contributed by atoms with Gasteiger partial charge in [-0.15, -0.1) is 0 Å². The van der Waals surface area contributed by atoms with E-state index in [-0.39, 0.29) is 11.0 Å². The molecule has 1 aromatic rings. The lowest BCUT2D eigenvalue weighted by molar-refractivity contribution is -0.0197. The minimum atomic E-state index is -0.0532. The van der Waals surface area contributed by atoms with Crippen LogP contribution in [0.4, 0.5) is 0 Å². The van der Waals surface area contributed by atoms with Gasteiger partial charge in [-0.1, -0.05) is 24.3 Å². The number of ether oxygens (including phenoxy) is 1. The highest BCUT2D eigenvalue weighted by Gasteiger charge is 2.33. The Morgan fingerprint density at radius 3 is 2.53 bits per heavy atom. The molecular weight excluding hydrogens is 234 g/mol. The van der Waals surface area contributed by atoms with Crippen LogP contribution in [0.5, 0.6) is 0 Å². The van der Waals surface area contributed by atoms with Gasteiger partial charge in [0.15, 0.2) is 0 Å². The maximum absolute atomic E-state index is 6.09. The molecule has 1 aliphatic rings. The van der Waals surface area contributed by atoms with Gasteiger partial charge in [0.25, 0.3) is 0 Å². The van der Waals surface area contributed by atoms with Crippen LogP contribution in [0, 0.1) is 5.41 Å². The first kappa shape index (κ1) is 14.5. The summed E-state index contributed by atoms with van der Waals surface area (Å²) in [6, 6.07) is 8.78. The number of fused-ring (bicyclic) bond motifs is 1. The Hall–Kier alpha value is -0.860. The smallest absolute Gasteiger partial charge is 0.0598 e. The maximum Gasteiger partial charge on any atom is 0.0598 e. The second-order valence-corrected chi connectivity index (χ2v) is 6.86. The number of aryl methyl sites for hydroxylation is 1. The van der Waals surface area contributed by atoms with Crippen LogP contribution >= 0.6 is 0 Å². The summed E-state index contributed by atoms with van der Waals surface area (Å²) in [4.78, 5) is 0. The minimum absolute atomic E-state index is 0.0532. The molecule has 0 amide bonds. The van der Waals surface area contributed by atoms with Crippen LogP contribution < -0.4 is 5.73 Å². The highest BCUT2D eigenvalue weighted by Crippen LogP contribution is 2.37. The molecule has 0 aliphatic heterocycles. The molecule has 0 bridgehead atoms. The molecule has 1 unspecified atom stereocenters. The molecule has 2 rings (SSSR count). The van der Waals surface area contributed by atoms with E-state index in [9.17, 15) is 0 Å². The van der Waals surface area contributed by atoms with Crippen LogP contribution in [0.15, 0.2) is 24.3 Å². The van der Waals surface area contributed by atoms with Crippen LogP contribution in [-0.4, -0.2) is 18.8 Å². The second-order valence-electron chi connectivity index (χ2n) is 6.86. The first-order chi connectivity index (χ1) is 8.94. The van der Waals surface area contributed by atoms with E-state index in [1.165, 1.54) is 17.5 Å². The predicted molar refractivity (Wildman–Crippen MR) is 80.3 cm³/mol. The van der Waals surface area contributed by atoms with Crippen LogP contribution in [0.2, 0.25) is 0 Å². The summed E-state index contributed by atoms with van der Waals surface area (Å²) in [6.45, 7) is 7.90. The fourth-order valence-corrected chi connectivity index (χ4v) is 2.93. The average molecular weight is 261 g/mol. The zero-order valence-corrected chi connectivity index (χ0v) is 12.5. The van der Waals surface area contributed by atoms with Gasteiger partial charge in [0, 0.05) is 6.61 Å². The summed E-state index contributed by atoms with van der Waals surface area (Å²) in [5.41, 5.74) is 9.26. The summed E-state index contributed by atoms with van der Waals surface area (Å²) in [5.74, 6) is 0. The van der Waals surface area contributed by atoms with Crippen LogP contribution in [-0.2, 0) is 17.6 Å². The van der Waals surface area contributed by atoms with E-state index in [4.69, 9.17) is 10.5 Å². The Morgan fingerprint density at radius 1 is 1.21 bits per heavy atom. The number of rotatable bonds is 4. The molecule has 2 heteroatoms. The lowest BCUT2D eigenvalue weighted by Gasteiger charge is -2.38. The van der Waals surface area contributed by atoms with Gasteiger partial charge >= 0.3 is 0 Å². The van der Waals surface area contributed by atoms with E-state index in [1.807, 2.05) is 0 Å². The Morgan fingerprint density at radius 2 is 1.89 bits per heavy atom. The summed E-state index contributed by atoms with van der Waals surface area (Å²) in [5, 5.41) is 0. The standard InChI is InChI=1S/C17H27NO/c1-16(2,3)19-11-10-17(13-18)9-8-14-6-4-5-7-15(14)12-17/h4-7H,8-13,18H2,1-3H3. The summed E-state index contributed by atoms with van der Waals surface area (Å²) in [7, 11) is 0. The van der Waals surface area contributed by atoms with Crippen molar-refractivity contribution in [1.29, 1.82) is 0 Å². The maximum atomic E-state index is 6.09. The Kier molecular flexibility index (Phi) is 4.32. The predicted octanol–water partition coefficient (Wildman–Crippen LogP) is 3.33. The quantitative estimate of drug-likeness (QED) is 0.902. The fourth-order valence-electron chi connectivity index (χ4n) is 2.93. The Labute approximate surface area is 117 Å². The van der Waals surface area contributed by atoms with Gasteiger partial charge in [0.05, 0.1) is 5.60 Å². The van der Waals surface area contributed by atoms with E-state index in [2.05, 4.69) is 45.0 Å². The first-order valence-corrected chi connectivity index (χ1v) is 7.35. The Balaban J connectivity index is 2.01. The van der Waals surface area contributed by atoms with Crippen molar-refractivity contribution in [2.45, 2.75) is 52.1 Å². The molecule has 0 radical (unpaired) electrons. The van der Waals surface area contributed by atoms with Crippen molar-refractivity contribution >= 4 is 0 Å². The van der Waals surface area contributed by atoms with Crippen molar-refractivity contribution in [2.75, 3.05) is 13.2 Å². The Bertz CT molecular complexity index is 422. The molecule has 0 aromatic heterocycles. The highest BCUT2D eigenvalue weighted by molar-refractivity contribution is 5.31. The zero-order valence-electron chi connectivity index (χ0n) is 12.5. The molecule has 0 fully saturated rings. The van der Waals surface area contributed by atoms with Gasteiger partial charge < -0.3 is 10.5 Å². The number of hydrogen-bond donors (Lipinski definition) is 1. The van der Waals surface area contributed by atoms with Crippen LogP contribution in [0.3, 0.4) is 0 Å². The third-order valence-electron chi connectivity index (χ3n) is 4.21. The van der Waals surface area contributed by atoms with Crippen LogP contribution in [0.25, 0.3) is 0 Å². The largest absolute Gasteiger partial charge is 0.376 e. The van der Waals surface area contributed by atoms with Crippen molar-refractivity contribution in [3.05, 3.63) is 35.4 Å². The molecule has 2 nitrogen and oxygen atoms in total. The van der Waals surface area contributed by atoms with Crippen molar-refractivity contribution in [1.82, 2.24) is 0 Å². The first-order valence-electron chi connectivity index (χ1n) is 7.35. The average Bonchev–Trinajstić information content (AvgIpc) is 2.37. The van der Waals surface area contributed by atoms with E-state index in [0.29, 0.717) is 0 Å². The summed E-state index contributed by atoms with van der Waals surface area (Å²) in [6.07, 6.45) is 4.51. The third-order valence-corrected chi connectivity index (χ3v) is 4.21. The third kappa shape index (κ3) is 3.80. The molecule has 1 aromatic carbocycles. The minimum Gasteiger partial charge on any atom is -0.376 e. The van der Waals surface area contributed by atoms with Crippen molar-refractivity contribution in [3.63, 3.8) is 0 Å². The van der Waals surface area contributed by atoms with Gasteiger partial charge in [-0.3, -0.25) is 0 Å². The van der Waals surface area contributed by atoms with Crippen molar-refractivity contribution in [3.8, 4) is 0 Å². The second kappa shape index (κ2) is 5.64. The fraction of sp³-hybridized carbons (Fsp3) is 0.647. The molecule has 0 saturated heterocycles. The number of benzene rings is 1. The van der Waals surface area contributed by atoms with Gasteiger partial charge in [0.1, 0.15) is 0 Å². The van der Waals surface area contributed by atoms with Gasteiger partial charge in [0.2, 0.25) is 0 Å². The molecule has 19 heavy (non-hydrogen) atoms. The number of hydrogen-bond acceptors (Lipinski definition) is 2. The van der Waals surface area contributed by atoms with Crippen molar-refractivity contribution in [2.24, 2.45) is 11.1 Å². The molecule has 1 atom stereocenters. The molecule has 1 aliphatic carbocycles. The van der Waals surface area contributed by atoms with Gasteiger partial charge in [-0.25, -0.2) is 0 Å². The van der Waals surface area contributed by atoms with Crippen molar-refractivity contribution < 1.29 is 4.74 Å². The summed E-state index contributed by atoms with van der Waals surface area (Å²) < 4.78 is 5.89. The zero-order chi connectivity index (χ0) is 13.9. The van der Waals surface area contributed by atoms with Gasteiger partial charge in [-0.2, -0.15) is 0 Å². The molecule has 0 heterocycles. The normalized spacial score (nSPS) is 23.2. The van der Waals surface area contributed by atoms with E-state index < -0.39 is 0 Å². The van der Waals surface area contributed by atoms with E-state index in [1.54, 1.807) is 0 Å². The van der Waals surface area contributed by atoms with Gasteiger partial charge in [-0.05, 0) is 69.5 Å². The molecule has 2 N–H and O–H groups in total. The van der Waals surface area contributed by atoms with E-state index in [0.717, 1.165) is 32.4 Å². The molecule has 0 spiro atoms. The van der Waals surface area contributed by atoms with E-state index >= 15 is 0 Å². The lowest BCUT2D eigenvalue weighted by Crippen LogP contribution is -2.38. The highest BCUT2D eigenvalue weighted by atomic mass is 16.5. The SMILES string of the molecule is CC(C)(C)OCCC1(CN)CCc2ccccc2C1. The molecular formula is C17H27NO. The molecule has 106 valence electrons.